The van der Waals surface area contributed by atoms with Gasteiger partial charge in [-0.25, -0.2) is 0 Å². The third kappa shape index (κ3) is 2.86. The Morgan fingerprint density at radius 3 is 2.31 bits per heavy atom. The van der Waals surface area contributed by atoms with Gasteiger partial charge in [0.05, 0.1) is 18.7 Å². The zero-order valence-electron chi connectivity index (χ0n) is 7.27. The highest BCUT2D eigenvalue weighted by molar-refractivity contribution is 5.23. The normalized spacial score (nSPS) is 12.1. The molecule has 0 radical (unpaired) electrons. The Bertz CT molecular complexity index is 300. The fourth-order valence-electron chi connectivity index (χ4n) is 1.08. The van der Waals surface area contributed by atoms with Crippen LogP contribution in [0.1, 0.15) is 11.1 Å². The number of hydrogen-bond donors (Lipinski definition) is 2. The van der Waals surface area contributed by atoms with E-state index in [9.17, 15) is 0 Å². The average Bonchev–Trinajstić information content (AvgIpc) is 2.19. The smallest absolute Gasteiger partial charge is 0.0968 e. The quantitative estimate of drug-likeness (QED) is 0.707. The molecule has 3 heteroatoms. The maximum Gasteiger partial charge on any atom is 0.0968 e. The van der Waals surface area contributed by atoms with Crippen molar-refractivity contribution in [1.29, 1.82) is 5.26 Å². The number of aliphatic hydroxyl groups is 1. The summed E-state index contributed by atoms with van der Waals surface area (Å²) in [5.74, 6) is 0. The Morgan fingerprint density at radius 1 is 1.31 bits per heavy atom. The highest BCUT2D eigenvalue weighted by Crippen LogP contribution is 2.05. The molecule has 0 heterocycles. The minimum absolute atomic E-state index is 0.0462. The molecule has 3 N–H and O–H groups in total. The molecule has 1 aromatic carbocycles. The Kier molecular flexibility index (Phi) is 3.44. The van der Waals surface area contributed by atoms with Crippen LogP contribution in [0.5, 0.6) is 0 Å². The highest BCUT2D eigenvalue weighted by Gasteiger charge is 2.01. The van der Waals surface area contributed by atoms with Crippen LogP contribution in [-0.4, -0.2) is 11.1 Å². The molecule has 0 aliphatic rings. The molecule has 1 unspecified atom stereocenters. The maximum absolute atomic E-state index is 8.78. The molecule has 1 atom stereocenters. The predicted octanol–water partition coefficient (Wildman–Crippen LogP) is 0.572. The van der Waals surface area contributed by atoms with Gasteiger partial charge in [-0.15, -0.1) is 0 Å². The first kappa shape index (κ1) is 9.72. The SMILES string of the molecule is N#CC(N)Cc1ccc(CO)cc1. The van der Waals surface area contributed by atoms with Crippen molar-refractivity contribution in [2.24, 2.45) is 5.73 Å². The first-order valence-electron chi connectivity index (χ1n) is 4.10. The molecule has 0 bridgehead atoms. The van der Waals surface area contributed by atoms with Gasteiger partial charge in [0.2, 0.25) is 0 Å². The van der Waals surface area contributed by atoms with Crippen molar-refractivity contribution in [3.05, 3.63) is 35.4 Å². The summed E-state index contributed by atoms with van der Waals surface area (Å²) in [6.45, 7) is 0.0462. The fourth-order valence-corrected chi connectivity index (χ4v) is 1.08. The summed E-state index contributed by atoms with van der Waals surface area (Å²) in [6.07, 6.45) is 0.558. The first-order chi connectivity index (χ1) is 6.26. The van der Waals surface area contributed by atoms with Crippen molar-refractivity contribution in [3.8, 4) is 6.07 Å². The molecule has 0 aliphatic carbocycles. The Balaban J connectivity index is 2.65. The lowest BCUT2D eigenvalue weighted by molar-refractivity contribution is 0.282. The van der Waals surface area contributed by atoms with Gasteiger partial charge in [-0.3, -0.25) is 0 Å². The molecular weight excluding hydrogens is 164 g/mol. The monoisotopic (exact) mass is 176 g/mol. The largest absolute Gasteiger partial charge is 0.392 e. The summed E-state index contributed by atoms with van der Waals surface area (Å²) in [5.41, 5.74) is 7.35. The molecule has 3 nitrogen and oxygen atoms in total. The van der Waals surface area contributed by atoms with Crippen molar-refractivity contribution in [1.82, 2.24) is 0 Å². The van der Waals surface area contributed by atoms with E-state index in [0.29, 0.717) is 6.42 Å². The van der Waals surface area contributed by atoms with Crippen molar-refractivity contribution in [2.45, 2.75) is 19.1 Å². The summed E-state index contributed by atoms with van der Waals surface area (Å²) in [5, 5.41) is 17.3. The second kappa shape index (κ2) is 4.61. The van der Waals surface area contributed by atoms with Crippen molar-refractivity contribution >= 4 is 0 Å². The molecule has 68 valence electrons. The summed E-state index contributed by atoms with van der Waals surface area (Å²) in [6, 6.07) is 8.95. The van der Waals surface area contributed by atoms with Gasteiger partial charge in [-0.1, -0.05) is 24.3 Å². The number of hydrogen-bond acceptors (Lipinski definition) is 3. The van der Waals surface area contributed by atoms with Crippen LogP contribution in [-0.2, 0) is 13.0 Å². The third-order valence-electron chi connectivity index (χ3n) is 1.83. The molecule has 0 aromatic heterocycles. The van der Waals surface area contributed by atoms with E-state index >= 15 is 0 Å². The van der Waals surface area contributed by atoms with Crippen LogP contribution in [0.2, 0.25) is 0 Å². The fraction of sp³-hybridized carbons (Fsp3) is 0.300. The zero-order valence-corrected chi connectivity index (χ0v) is 7.27. The zero-order chi connectivity index (χ0) is 9.68. The van der Waals surface area contributed by atoms with E-state index in [0.717, 1.165) is 11.1 Å². The number of rotatable bonds is 3. The number of benzene rings is 1. The van der Waals surface area contributed by atoms with Crippen molar-refractivity contribution in [3.63, 3.8) is 0 Å². The van der Waals surface area contributed by atoms with E-state index in [2.05, 4.69) is 0 Å². The van der Waals surface area contributed by atoms with Crippen LogP contribution in [0.4, 0.5) is 0 Å². The maximum atomic E-state index is 8.78. The number of nitrogens with two attached hydrogens (primary N) is 1. The molecular formula is C10H12N2O. The lowest BCUT2D eigenvalue weighted by Crippen LogP contribution is -2.19. The summed E-state index contributed by atoms with van der Waals surface area (Å²) >= 11 is 0. The molecule has 0 aliphatic heterocycles. The molecule has 0 spiro atoms. The van der Waals surface area contributed by atoms with E-state index < -0.39 is 6.04 Å². The molecule has 1 rings (SSSR count). The van der Waals surface area contributed by atoms with Crippen LogP contribution in [0.3, 0.4) is 0 Å². The van der Waals surface area contributed by atoms with Crippen molar-refractivity contribution in [2.75, 3.05) is 0 Å². The second-order valence-corrected chi connectivity index (χ2v) is 2.91. The third-order valence-corrected chi connectivity index (χ3v) is 1.83. The average molecular weight is 176 g/mol. The van der Waals surface area contributed by atoms with Crippen LogP contribution >= 0.6 is 0 Å². The van der Waals surface area contributed by atoms with Crippen LogP contribution in [0, 0.1) is 11.3 Å². The second-order valence-electron chi connectivity index (χ2n) is 2.91. The minimum Gasteiger partial charge on any atom is -0.392 e. The number of nitrogens with zero attached hydrogens (tertiary/aromatic N) is 1. The van der Waals surface area contributed by atoms with E-state index in [4.69, 9.17) is 16.1 Å². The molecule has 0 saturated carbocycles. The topological polar surface area (TPSA) is 70.0 Å². The summed E-state index contributed by atoms with van der Waals surface area (Å²) < 4.78 is 0. The van der Waals surface area contributed by atoms with E-state index in [1.165, 1.54) is 0 Å². The van der Waals surface area contributed by atoms with Gasteiger partial charge in [0.25, 0.3) is 0 Å². The summed E-state index contributed by atoms with van der Waals surface area (Å²) in [4.78, 5) is 0. The van der Waals surface area contributed by atoms with Gasteiger partial charge < -0.3 is 10.8 Å². The Morgan fingerprint density at radius 2 is 1.85 bits per heavy atom. The lowest BCUT2D eigenvalue weighted by Gasteiger charge is -2.03. The van der Waals surface area contributed by atoms with Gasteiger partial charge >= 0.3 is 0 Å². The van der Waals surface area contributed by atoms with Gasteiger partial charge in [0.15, 0.2) is 0 Å². The number of nitriles is 1. The molecule has 13 heavy (non-hydrogen) atoms. The number of aliphatic hydroxyl groups excluding tert-OH is 1. The van der Waals surface area contributed by atoms with E-state index in [1.807, 2.05) is 30.3 Å². The van der Waals surface area contributed by atoms with Crippen molar-refractivity contribution < 1.29 is 5.11 Å². The van der Waals surface area contributed by atoms with Gasteiger partial charge in [0.1, 0.15) is 0 Å². The van der Waals surface area contributed by atoms with Crippen LogP contribution in [0.15, 0.2) is 24.3 Å². The minimum atomic E-state index is -0.444. The first-order valence-corrected chi connectivity index (χ1v) is 4.10. The van der Waals surface area contributed by atoms with Crippen LogP contribution < -0.4 is 5.73 Å². The predicted molar refractivity (Wildman–Crippen MR) is 49.7 cm³/mol. The molecule has 0 saturated heterocycles. The summed E-state index contributed by atoms with van der Waals surface area (Å²) in [7, 11) is 0. The van der Waals surface area contributed by atoms with E-state index in [-0.39, 0.29) is 6.61 Å². The Labute approximate surface area is 77.4 Å². The lowest BCUT2D eigenvalue weighted by atomic mass is 10.1. The van der Waals surface area contributed by atoms with Gasteiger partial charge in [-0.2, -0.15) is 5.26 Å². The van der Waals surface area contributed by atoms with E-state index in [1.54, 1.807) is 0 Å². The Hall–Kier alpha value is -1.37. The molecule has 1 aromatic rings. The molecule has 0 amide bonds. The standard InChI is InChI=1S/C10H12N2O/c11-6-10(12)5-8-1-3-9(7-13)4-2-8/h1-4,10,13H,5,7,12H2. The molecule has 0 fully saturated rings. The highest BCUT2D eigenvalue weighted by atomic mass is 16.3. The van der Waals surface area contributed by atoms with Gasteiger partial charge in [0, 0.05) is 6.42 Å². The van der Waals surface area contributed by atoms with Gasteiger partial charge in [-0.05, 0) is 11.1 Å². The van der Waals surface area contributed by atoms with Crippen LogP contribution in [0.25, 0.3) is 0 Å².